The Bertz CT molecular complexity index is 1020. The van der Waals surface area contributed by atoms with Gasteiger partial charge in [0.2, 0.25) is 0 Å². The third-order valence-electron chi connectivity index (χ3n) is 4.38. The van der Waals surface area contributed by atoms with Gasteiger partial charge in [-0.05, 0) is 47.9 Å². The maximum absolute atomic E-state index is 13.5. The standard InChI is InChI=1S/C21H24FN5O2.HI/c1-24-21(27-11-14-3-2-4-17(9-14)29-13-20(23)28)25-8-7-15-12-26-19-6-5-16(22)10-18(15)19;/h2-6,9-10,12,26H,7-8,11,13H2,1H3,(H2,23,28)(H2,24,25,27);1H. The van der Waals surface area contributed by atoms with Gasteiger partial charge in [0.1, 0.15) is 11.6 Å². The molecule has 160 valence electrons. The van der Waals surface area contributed by atoms with Gasteiger partial charge in [0.25, 0.3) is 5.91 Å². The molecule has 0 radical (unpaired) electrons. The van der Waals surface area contributed by atoms with Crippen molar-refractivity contribution in [2.45, 2.75) is 13.0 Å². The Morgan fingerprint density at radius 1 is 1.23 bits per heavy atom. The second kappa shape index (κ2) is 11.4. The number of hydrogen-bond donors (Lipinski definition) is 4. The molecule has 1 amide bonds. The third kappa shape index (κ3) is 6.61. The fourth-order valence-corrected chi connectivity index (χ4v) is 2.98. The molecule has 3 aromatic rings. The molecule has 0 spiro atoms. The van der Waals surface area contributed by atoms with Crippen molar-refractivity contribution in [1.82, 2.24) is 15.6 Å². The highest BCUT2D eigenvalue weighted by Gasteiger charge is 2.06. The summed E-state index contributed by atoms with van der Waals surface area (Å²) in [6.45, 7) is 1.02. The van der Waals surface area contributed by atoms with Crippen LogP contribution >= 0.6 is 24.0 Å². The highest BCUT2D eigenvalue weighted by atomic mass is 127. The smallest absolute Gasteiger partial charge is 0.255 e. The number of primary amides is 1. The lowest BCUT2D eigenvalue weighted by Crippen LogP contribution is -2.37. The van der Waals surface area contributed by atoms with E-state index in [1.54, 1.807) is 25.2 Å². The van der Waals surface area contributed by atoms with Crippen LogP contribution in [0.4, 0.5) is 4.39 Å². The van der Waals surface area contributed by atoms with E-state index in [-0.39, 0.29) is 36.4 Å². The Labute approximate surface area is 191 Å². The summed E-state index contributed by atoms with van der Waals surface area (Å²) in [5, 5.41) is 7.37. The quantitative estimate of drug-likeness (QED) is 0.206. The molecule has 0 saturated heterocycles. The van der Waals surface area contributed by atoms with Crippen molar-refractivity contribution in [3.05, 3.63) is 65.6 Å². The van der Waals surface area contributed by atoms with Gasteiger partial charge >= 0.3 is 0 Å². The highest BCUT2D eigenvalue weighted by molar-refractivity contribution is 14.0. The maximum atomic E-state index is 13.5. The van der Waals surface area contributed by atoms with E-state index in [9.17, 15) is 9.18 Å². The van der Waals surface area contributed by atoms with Crippen LogP contribution in [0.2, 0.25) is 0 Å². The average Bonchev–Trinajstić information content (AvgIpc) is 3.11. The van der Waals surface area contributed by atoms with Crippen LogP contribution in [0.1, 0.15) is 11.1 Å². The van der Waals surface area contributed by atoms with E-state index in [1.165, 1.54) is 6.07 Å². The molecule has 30 heavy (non-hydrogen) atoms. The molecular weight excluding hydrogens is 500 g/mol. The van der Waals surface area contributed by atoms with Crippen molar-refractivity contribution in [1.29, 1.82) is 0 Å². The normalized spacial score (nSPS) is 11.1. The summed E-state index contributed by atoms with van der Waals surface area (Å²) < 4.78 is 18.8. The summed E-state index contributed by atoms with van der Waals surface area (Å²) in [5.41, 5.74) is 8.03. The second-order valence-electron chi connectivity index (χ2n) is 6.51. The SMILES string of the molecule is CN=C(NCCc1c[nH]c2ccc(F)cc12)NCc1cccc(OCC(N)=O)c1.I. The topological polar surface area (TPSA) is 105 Å². The number of nitrogens with zero attached hydrogens (tertiary/aromatic N) is 1. The molecule has 1 aromatic heterocycles. The number of fused-ring (bicyclic) bond motifs is 1. The number of amides is 1. The molecule has 0 aliphatic rings. The first-order valence-corrected chi connectivity index (χ1v) is 9.25. The van der Waals surface area contributed by atoms with Gasteiger partial charge in [0.15, 0.2) is 12.6 Å². The van der Waals surface area contributed by atoms with Crippen LogP contribution in [0.5, 0.6) is 5.75 Å². The van der Waals surface area contributed by atoms with Gasteiger partial charge < -0.3 is 26.1 Å². The van der Waals surface area contributed by atoms with Crippen molar-refractivity contribution in [2.75, 3.05) is 20.2 Å². The average molecular weight is 525 g/mol. The van der Waals surface area contributed by atoms with Gasteiger partial charge in [-0.3, -0.25) is 9.79 Å². The van der Waals surface area contributed by atoms with Crippen LogP contribution in [-0.4, -0.2) is 37.1 Å². The lowest BCUT2D eigenvalue weighted by atomic mass is 10.1. The number of H-pyrrole nitrogens is 1. The number of halogens is 2. The minimum atomic E-state index is -0.518. The van der Waals surface area contributed by atoms with Gasteiger partial charge in [-0.15, -0.1) is 24.0 Å². The molecule has 0 saturated carbocycles. The van der Waals surface area contributed by atoms with E-state index >= 15 is 0 Å². The number of guanidine groups is 1. The van der Waals surface area contributed by atoms with E-state index < -0.39 is 5.91 Å². The first kappa shape index (κ1) is 23.5. The lowest BCUT2D eigenvalue weighted by molar-refractivity contribution is -0.119. The van der Waals surface area contributed by atoms with E-state index in [2.05, 4.69) is 20.6 Å². The van der Waals surface area contributed by atoms with Gasteiger partial charge in [-0.2, -0.15) is 0 Å². The minimum absolute atomic E-state index is 0. The van der Waals surface area contributed by atoms with Crippen molar-refractivity contribution in [3.63, 3.8) is 0 Å². The van der Waals surface area contributed by atoms with Gasteiger partial charge in [0.05, 0.1) is 0 Å². The number of aliphatic imine (C=N–C) groups is 1. The largest absolute Gasteiger partial charge is 0.484 e. The predicted molar refractivity (Wildman–Crippen MR) is 127 cm³/mol. The maximum Gasteiger partial charge on any atom is 0.255 e. The lowest BCUT2D eigenvalue weighted by Gasteiger charge is -2.12. The zero-order valence-electron chi connectivity index (χ0n) is 16.6. The molecule has 7 nitrogen and oxygen atoms in total. The molecule has 0 aliphatic carbocycles. The highest BCUT2D eigenvalue weighted by Crippen LogP contribution is 2.19. The molecule has 3 rings (SSSR count). The second-order valence-corrected chi connectivity index (χ2v) is 6.51. The summed E-state index contributed by atoms with van der Waals surface area (Å²) in [6.07, 6.45) is 2.63. The van der Waals surface area contributed by atoms with Gasteiger partial charge in [-0.25, -0.2) is 4.39 Å². The van der Waals surface area contributed by atoms with Crippen LogP contribution in [0, 0.1) is 5.82 Å². The number of rotatable bonds is 8. The molecular formula is C21H25FIN5O2. The van der Waals surface area contributed by atoms with Gasteiger partial charge in [0, 0.05) is 37.2 Å². The summed E-state index contributed by atoms with van der Waals surface area (Å²) >= 11 is 0. The molecule has 5 N–H and O–H groups in total. The number of nitrogens with one attached hydrogen (secondary N) is 3. The molecule has 2 aromatic carbocycles. The van der Waals surface area contributed by atoms with Crippen LogP contribution in [-0.2, 0) is 17.8 Å². The molecule has 0 aliphatic heterocycles. The van der Waals surface area contributed by atoms with E-state index in [1.807, 2.05) is 24.4 Å². The zero-order valence-corrected chi connectivity index (χ0v) is 18.9. The Hall–Kier alpha value is -2.82. The van der Waals surface area contributed by atoms with Crippen molar-refractivity contribution < 1.29 is 13.9 Å². The molecule has 9 heteroatoms. The number of benzene rings is 2. The number of hydrogen-bond acceptors (Lipinski definition) is 3. The van der Waals surface area contributed by atoms with E-state index in [0.717, 1.165) is 28.5 Å². The Morgan fingerprint density at radius 2 is 2.07 bits per heavy atom. The Morgan fingerprint density at radius 3 is 2.83 bits per heavy atom. The summed E-state index contributed by atoms with van der Waals surface area (Å²) in [4.78, 5) is 18.2. The first-order chi connectivity index (χ1) is 14.0. The van der Waals surface area contributed by atoms with Crippen LogP contribution in [0.25, 0.3) is 10.9 Å². The predicted octanol–water partition coefficient (Wildman–Crippen LogP) is 2.70. The molecule has 0 atom stereocenters. The third-order valence-corrected chi connectivity index (χ3v) is 4.38. The molecule has 0 fully saturated rings. The molecule has 0 bridgehead atoms. The summed E-state index contributed by atoms with van der Waals surface area (Å²) in [7, 11) is 1.70. The Kier molecular flexibility index (Phi) is 8.90. The van der Waals surface area contributed by atoms with E-state index in [0.29, 0.717) is 24.8 Å². The van der Waals surface area contributed by atoms with Crippen LogP contribution < -0.4 is 21.1 Å². The van der Waals surface area contributed by atoms with Crippen molar-refractivity contribution >= 4 is 46.7 Å². The number of carbonyl (C=O) groups is 1. The van der Waals surface area contributed by atoms with Crippen LogP contribution in [0.3, 0.4) is 0 Å². The van der Waals surface area contributed by atoms with E-state index in [4.69, 9.17) is 10.5 Å². The Balaban J connectivity index is 0.00000320. The van der Waals surface area contributed by atoms with Crippen molar-refractivity contribution in [3.8, 4) is 5.75 Å². The first-order valence-electron chi connectivity index (χ1n) is 9.25. The number of ether oxygens (including phenoxy) is 1. The monoisotopic (exact) mass is 525 g/mol. The zero-order chi connectivity index (χ0) is 20.6. The van der Waals surface area contributed by atoms with Gasteiger partial charge in [-0.1, -0.05) is 12.1 Å². The minimum Gasteiger partial charge on any atom is -0.484 e. The fraction of sp³-hybridized carbons (Fsp3) is 0.238. The number of aromatic amines is 1. The molecule has 0 unspecified atom stereocenters. The summed E-state index contributed by atoms with van der Waals surface area (Å²) in [6, 6.07) is 12.1. The fourth-order valence-electron chi connectivity index (χ4n) is 2.98. The van der Waals surface area contributed by atoms with Crippen molar-refractivity contribution in [2.24, 2.45) is 10.7 Å². The van der Waals surface area contributed by atoms with Crippen LogP contribution in [0.15, 0.2) is 53.7 Å². The number of aromatic nitrogens is 1. The number of carbonyl (C=O) groups excluding carboxylic acids is 1. The number of nitrogens with two attached hydrogens (primary N) is 1. The molecule has 1 heterocycles. The summed E-state index contributed by atoms with van der Waals surface area (Å²) in [5.74, 6) is 0.471.